The van der Waals surface area contributed by atoms with Crippen molar-refractivity contribution >= 4 is 11.7 Å². The van der Waals surface area contributed by atoms with E-state index in [1.165, 1.54) is 6.07 Å². The van der Waals surface area contributed by atoms with Gasteiger partial charge in [-0.2, -0.15) is 4.39 Å². The van der Waals surface area contributed by atoms with Crippen molar-refractivity contribution in [3.05, 3.63) is 35.9 Å². The van der Waals surface area contributed by atoms with E-state index in [0.29, 0.717) is 12.1 Å². The van der Waals surface area contributed by atoms with Gasteiger partial charge in [0.25, 0.3) is 0 Å². The summed E-state index contributed by atoms with van der Waals surface area (Å²) in [5, 5.41) is 0. The SMILES string of the molecule is CC(C)(C)OC(=O)N1C2C=C(c3cccc(F)n3)CC1CC2. The summed E-state index contributed by atoms with van der Waals surface area (Å²) in [6.07, 6.45) is 4.34. The second-order valence-corrected chi connectivity index (χ2v) is 6.93. The first-order valence-corrected chi connectivity index (χ1v) is 7.68. The standard InChI is InChI=1S/C17H21FN2O2/c1-17(2,3)22-16(21)20-12-7-8-13(20)10-11(9-12)14-5-4-6-15(18)19-14/h4-6,9,12-13H,7-8,10H2,1-3H3. The summed E-state index contributed by atoms with van der Waals surface area (Å²) in [5.41, 5.74) is 1.19. The minimum absolute atomic E-state index is 0.0219. The minimum atomic E-state index is -0.495. The molecule has 2 atom stereocenters. The lowest BCUT2D eigenvalue weighted by Crippen LogP contribution is -2.45. The van der Waals surface area contributed by atoms with Crippen LogP contribution in [0.25, 0.3) is 5.57 Å². The maximum Gasteiger partial charge on any atom is 0.411 e. The van der Waals surface area contributed by atoms with Crippen LogP contribution >= 0.6 is 0 Å². The molecule has 0 spiro atoms. The number of halogens is 1. The summed E-state index contributed by atoms with van der Waals surface area (Å²) < 4.78 is 18.8. The van der Waals surface area contributed by atoms with E-state index >= 15 is 0 Å². The minimum Gasteiger partial charge on any atom is -0.444 e. The van der Waals surface area contributed by atoms with E-state index in [9.17, 15) is 9.18 Å². The highest BCUT2D eigenvalue weighted by molar-refractivity contribution is 5.74. The second-order valence-electron chi connectivity index (χ2n) is 6.93. The van der Waals surface area contributed by atoms with Crippen LogP contribution in [0.15, 0.2) is 24.3 Å². The summed E-state index contributed by atoms with van der Waals surface area (Å²) in [6.45, 7) is 5.61. The molecule has 0 radical (unpaired) electrons. The van der Waals surface area contributed by atoms with Gasteiger partial charge in [-0.1, -0.05) is 12.1 Å². The Kier molecular flexibility index (Phi) is 3.67. The maximum absolute atomic E-state index is 13.3. The van der Waals surface area contributed by atoms with Crippen molar-refractivity contribution in [2.45, 2.75) is 57.7 Å². The van der Waals surface area contributed by atoms with Crippen molar-refractivity contribution in [1.82, 2.24) is 9.88 Å². The molecule has 118 valence electrons. The first kappa shape index (κ1) is 15.0. The van der Waals surface area contributed by atoms with Gasteiger partial charge >= 0.3 is 6.09 Å². The molecule has 22 heavy (non-hydrogen) atoms. The molecule has 0 N–H and O–H groups in total. The van der Waals surface area contributed by atoms with Gasteiger partial charge in [0.2, 0.25) is 5.95 Å². The molecule has 1 fully saturated rings. The lowest BCUT2D eigenvalue weighted by molar-refractivity contribution is 0.0175. The van der Waals surface area contributed by atoms with Crippen molar-refractivity contribution in [3.63, 3.8) is 0 Å². The van der Waals surface area contributed by atoms with E-state index in [1.54, 1.807) is 6.07 Å². The Labute approximate surface area is 130 Å². The van der Waals surface area contributed by atoms with Crippen LogP contribution in [0.3, 0.4) is 0 Å². The Bertz CT molecular complexity index is 621. The number of aromatic nitrogens is 1. The zero-order chi connectivity index (χ0) is 15.9. The van der Waals surface area contributed by atoms with E-state index < -0.39 is 11.5 Å². The number of carbonyl (C=O) groups is 1. The van der Waals surface area contributed by atoms with Gasteiger partial charge in [0.05, 0.1) is 11.7 Å². The lowest BCUT2D eigenvalue weighted by atomic mass is 9.98. The molecule has 2 unspecified atom stereocenters. The Balaban J connectivity index is 1.82. The molecule has 1 aromatic heterocycles. The number of fused-ring (bicyclic) bond motifs is 2. The molecule has 0 saturated carbocycles. The molecule has 2 aliphatic rings. The fourth-order valence-electron chi connectivity index (χ4n) is 3.21. The van der Waals surface area contributed by atoms with E-state index in [4.69, 9.17) is 4.74 Å². The maximum atomic E-state index is 13.3. The topological polar surface area (TPSA) is 42.4 Å². The zero-order valence-electron chi connectivity index (χ0n) is 13.2. The summed E-state index contributed by atoms with van der Waals surface area (Å²) >= 11 is 0. The van der Waals surface area contributed by atoms with Gasteiger partial charge in [0.1, 0.15) is 5.60 Å². The first-order valence-electron chi connectivity index (χ1n) is 7.68. The number of carbonyl (C=O) groups excluding carboxylic acids is 1. The molecule has 1 aromatic rings. The van der Waals surface area contributed by atoms with Crippen LogP contribution in [0.4, 0.5) is 9.18 Å². The third kappa shape index (κ3) is 2.98. The molecule has 3 heterocycles. The normalized spacial score (nSPS) is 24.2. The molecule has 0 aromatic carbocycles. The Morgan fingerprint density at radius 2 is 2.14 bits per heavy atom. The van der Waals surface area contributed by atoms with Gasteiger partial charge in [-0.3, -0.25) is 4.90 Å². The third-order valence-corrected chi connectivity index (χ3v) is 4.04. The number of hydrogen-bond donors (Lipinski definition) is 0. The van der Waals surface area contributed by atoms with Crippen molar-refractivity contribution in [1.29, 1.82) is 0 Å². The Morgan fingerprint density at radius 1 is 1.36 bits per heavy atom. The predicted molar refractivity (Wildman–Crippen MR) is 81.7 cm³/mol. The number of hydrogen-bond acceptors (Lipinski definition) is 3. The molecular weight excluding hydrogens is 283 g/mol. The number of nitrogens with zero attached hydrogens (tertiary/aromatic N) is 2. The lowest BCUT2D eigenvalue weighted by Gasteiger charge is -2.35. The van der Waals surface area contributed by atoms with E-state index in [0.717, 1.165) is 18.4 Å². The first-order chi connectivity index (χ1) is 10.3. The second kappa shape index (κ2) is 5.38. The zero-order valence-corrected chi connectivity index (χ0v) is 13.2. The quantitative estimate of drug-likeness (QED) is 0.742. The van der Waals surface area contributed by atoms with Crippen molar-refractivity contribution in [2.75, 3.05) is 0 Å². The van der Waals surface area contributed by atoms with Gasteiger partial charge in [-0.15, -0.1) is 0 Å². The highest BCUT2D eigenvalue weighted by Crippen LogP contribution is 2.38. The predicted octanol–water partition coefficient (Wildman–Crippen LogP) is 3.78. The number of rotatable bonds is 1. The third-order valence-electron chi connectivity index (χ3n) is 4.04. The summed E-state index contributed by atoms with van der Waals surface area (Å²) in [6, 6.07) is 4.96. The summed E-state index contributed by atoms with van der Waals surface area (Å²) in [7, 11) is 0. The van der Waals surface area contributed by atoms with Crippen molar-refractivity contribution in [2.24, 2.45) is 0 Å². The van der Waals surface area contributed by atoms with Gasteiger partial charge in [-0.25, -0.2) is 9.78 Å². The molecule has 4 nitrogen and oxygen atoms in total. The summed E-state index contributed by atoms with van der Waals surface area (Å²) in [4.78, 5) is 18.2. The molecule has 2 bridgehead atoms. The van der Waals surface area contributed by atoms with Crippen LogP contribution in [-0.2, 0) is 4.74 Å². The Morgan fingerprint density at radius 3 is 2.77 bits per heavy atom. The monoisotopic (exact) mass is 304 g/mol. The van der Waals surface area contributed by atoms with Crippen LogP contribution in [-0.4, -0.2) is 33.7 Å². The molecule has 5 heteroatoms. The highest BCUT2D eigenvalue weighted by atomic mass is 19.1. The fourth-order valence-corrected chi connectivity index (χ4v) is 3.21. The molecule has 0 aliphatic carbocycles. The largest absolute Gasteiger partial charge is 0.444 e. The molecule has 1 saturated heterocycles. The van der Waals surface area contributed by atoms with Gasteiger partial charge in [0, 0.05) is 6.04 Å². The average Bonchev–Trinajstić information content (AvgIpc) is 2.68. The summed E-state index contributed by atoms with van der Waals surface area (Å²) in [5.74, 6) is -0.472. The van der Waals surface area contributed by atoms with Gasteiger partial charge < -0.3 is 4.74 Å². The fraction of sp³-hybridized carbons (Fsp3) is 0.529. The molecule has 1 amide bonds. The number of amides is 1. The van der Waals surface area contributed by atoms with E-state index in [-0.39, 0.29) is 18.2 Å². The van der Waals surface area contributed by atoms with Crippen LogP contribution in [0.5, 0.6) is 0 Å². The molecule has 3 rings (SSSR count). The van der Waals surface area contributed by atoms with Crippen LogP contribution in [0, 0.1) is 5.95 Å². The smallest absolute Gasteiger partial charge is 0.411 e. The van der Waals surface area contributed by atoms with E-state index in [1.807, 2.05) is 37.8 Å². The van der Waals surface area contributed by atoms with E-state index in [2.05, 4.69) is 4.98 Å². The van der Waals surface area contributed by atoms with Gasteiger partial charge in [0.15, 0.2) is 0 Å². The molecular formula is C17H21FN2O2. The number of ether oxygens (including phenoxy) is 1. The van der Waals surface area contributed by atoms with Crippen LogP contribution < -0.4 is 0 Å². The molecule has 2 aliphatic heterocycles. The van der Waals surface area contributed by atoms with Crippen LogP contribution in [0.1, 0.15) is 45.7 Å². The van der Waals surface area contributed by atoms with Crippen molar-refractivity contribution in [3.8, 4) is 0 Å². The number of pyridine rings is 1. The van der Waals surface area contributed by atoms with Crippen LogP contribution in [0.2, 0.25) is 0 Å². The highest BCUT2D eigenvalue weighted by Gasteiger charge is 2.41. The van der Waals surface area contributed by atoms with Crippen molar-refractivity contribution < 1.29 is 13.9 Å². The average molecular weight is 304 g/mol. The van der Waals surface area contributed by atoms with Gasteiger partial charge in [-0.05, 0) is 57.7 Å². The Hall–Kier alpha value is -1.91.